The molecule has 0 aromatic heterocycles. The van der Waals surface area contributed by atoms with Crippen LogP contribution in [0, 0.1) is 15.9 Å². The summed E-state index contributed by atoms with van der Waals surface area (Å²) in [5.74, 6) is -2.56. The molecule has 4 rings (SSSR count). The highest BCUT2D eigenvalue weighted by molar-refractivity contribution is 6.46. The van der Waals surface area contributed by atoms with Crippen molar-refractivity contribution in [1.82, 2.24) is 0 Å². The molecule has 0 aliphatic carbocycles. The zero-order chi connectivity index (χ0) is 24.4. The Hall–Kier alpha value is -4.86. The van der Waals surface area contributed by atoms with Crippen LogP contribution in [0.25, 0.3) is 5.57 Å². The first-order chi connectivity index (χ1) is 16.3. The van der Waals surface area contributed by atoms with Gasteiger partial charge in [-0.05, 0) is 54.1 Å². The number of carbonyl (C=O) groups excluding carboxylic acids is 3. The molecule has 0 saturated carbocycles. The number of nitro groups is 1. The molecule has 9 nitrogen and oxygen atoms in total. The van der Waals surface area contributed by atoms with Crippen LogP contribution in [0.1, 0.15) is 12.5 Å². The van der Waals surface area contributed by atoms with E-state index in [0.717, 1.165) is 11.0 Å². The van der Waals surface area contributed by atoms with Crippen LogP contribution in [0.3, 0.4) is 0 Å². The third-order valence-electron chi connectivity index (χ3n) is 5.02. The van der Waals surface area contributed by atoms with Gasteiger partial charge in [-0.2, -0.15) is 0 Å². The molecule has 0 saturated heterocycles. The summed E-state index contributed by atoms with van der Waals surface area (Å²) in [6.45, 7) is 1.37. The lowest BCUT2D eigenvalue weighted by Crippen LogP contribution is -2.33. The molecule has 0 atom stereocenters. The Bertz CT molecular complexity index is 1350. The number of para-hydroxylation sites is 1. The number of anilines is 3. The van der Waals surface area contributed by atoms with Crippen LogP contribution in [0.2, 0.25) is 0 Å². The van der Waals surface area contributed by atoms with E-state index in [1.807, 2.05) is 0 Å². The summed E-state index contributed by atoms with van der Waals surface area (Å²) in [5.41, 5.74) is 0.637. The van der Waals surface area contributed by atoms with Crippen LogP contribution in [0.5, 0.6) is 0 Å². The molecule has 0 unspecified atom stereocenters. The van der Waals surface area contributed by atoms with Gasteiger partial charge in [0.25, 0.3) is 17.5 Å². The van der Waals surface area contributed by atoms with E-state index in [9.17, 15) is 28.9 Å². The smallest absolute Gasteiger partial charge is 0.282 e. The van der Waals surface area contributed by atoms with E-state index < -0.39 is 22.6 Å². The summed E-state index contributed by atoms with van der Waals surface area (Å²) in [4.78, 5) is 49.0. The average Bonchev–Trinajstić information content (AvgIpc) is 3.04. The van der Waals surface area contributed by atoms with Gasteiger partial charge in [-0.1, -0.05) is 12.1 Å². The molecule has 34 heavy (non-hydrogen) atoms. The third-order valence-corrected chi connectivity index (χ3v) is 5.02. The largest absolute Gasteiger partial charge is 0.350 e. The van der Waals surface area contributed by atoms with Gasteiger partial charge in [0, 0.05) is 30.4 Å². The average molecular weight is 460 g/mol. The van der Waals surface area contributed by atoms with Gasteiger partial charge >= 0.3 is 0 Å². The zero-order valence-electron chi connectivity index (χ0n) is 17.7. The summed E-state index contributed by atoms with van der Waals surface area (Å²) in [7, 11) is 0. The number of benzene rings is 3. The van der Waals surface area contributed by atoms with Crippen LogP contribution in [0.15, 0.2) is 78.5 Å². The number of non-ortho nitro benzene ring substituents is 1. The van der Waals surface area contributed by atoms with Gasteiger partial charge in [0.15, 0.2) is 0 Å². The SMILES string of the molecule is CC(=O)Nc1ccc(NC2=C(c3ccc([N+](=O)[O-])cc3)C(=O)N(c3ccccc3F)C2=O)cc1. The fourth-order valence-corrected chi connectivity index (χ4v) is 3.50. The van der Waals surface area contributed by atoms with Gasteiger partial charge in [-0.15, -0.1) is 0 Å². The molecule has 3 amide bonds. The predicted molar refractivity (Wildman–Crippen MR) is 123 cm³/mol. The third kappa shape index (κ3) is 4.24. The van der Waals surface area contributed by atoms with E-state index >= 15 is 0 Å². The standard InChI is InChI=1S/C24H17FN4O5/c1-14(30)26-16-8-10-17(11-9-16)27-22-21(15-6-12-18(13-7-15)29(33)34)23(31)28(24(22)32)20-5-3-2-4-19(20)25/h2-13,27H,1H3,(H,26,30). The summed E-state index contributed by atoms with van der Waals surface area (Å²) in [6.07, 6.45) is 0. The fraction of sp³-hybridized carbons (Fsp3) is 0.0417. The number of nitrogens with zero attached hydrogens (tertiary/aromatic N) is 2. The molecule has 1 aliphatic rings. The Balaban J connectivity index is 1.77. The minimum atomic E-state index is -0.783. The van der Waals surface area contributed by atoms with Crippen LogP contribution in [0.4, 0.5) is 27.1 Å². The van der Waals surface area contributed by atoms with Crippen LogP contribution in [-0.4, -0.2) is 22.6 Å². The van der Waals surface area contributed by atoms with Gasteiger partial charge in [0.2, 0.25) is 5.91 Å². The van der Waals surface area contributed by atoms with E-state index in [4.69, 9.17) is 0 Å². The van der Waals surface area contributed by atoms with Gasteiger partial charge in [-0.3, -0.25) is 24.5 Å². The van der Waals surface area contributed by atoms with E-state index in [-0.39, 0.29) is 34.1 Å². The van der Waals surface area contributed by atoms with Gasteiger partial charge in [0.1, 0.15) is 11.5 Å². The zero-order valence-corrected chi connectivity index (χ0v) is 17.7. The Morgan fingerprint density at radius 3 is 2.12 bits per heavy atom. The quantitative estimate of drug-likeness (QED) is 0.325. The van der Waals surface area contributed by atoms with Crippen LogP contribution < -0.4 is 15.5 Å². The molecule has 10 heteroatoms. The molecule has 0 spiro atoms. The summed E-state index contributed by atoms with van der Waals surface area (Å²) in [5, 5.41) is 16.5. The van der Waals surface area contributed by atoms with Crippen molar-refractivity contribution in [1.29, 1.82) is 0 Å². The van der Waals surface area contributed by atoms with E-state index in [1.54, 1.807) is 24.3 Å². The van der Waals surface area contributed by atoms with Crippen molar-refractivity contribution < 1.29 is 23.7 Å². The Morgan fingerprint density at radius 2 is 1.53 bits per heavy atom. The highest BCUT2D eigenvalue weighted by atomic mass is 19.1. The van der Waals surface area contributed by atoms with Crippen LogP contribution >= 0.6 is 0 Å². The van der Waals surface area contributed by atoms with Gasteiger partial charge in [-0.25, -0.2) is 9.29 Å². The van der Waals surface area contributed by atoms with E-state index in [0.29, 0.717) is 11.4 Å². The summed E-state index contributed by atoms with van der Waals surface area (Å²) < 4.78 is 14.5. The maximum absolute atomic E-state index is 14.5. The highest BCUT2D eigenvalue weighted by Gasteiger charge is 2.41. The summed E-state index contributed by atoms with van der Waals surface area (Å²) >= 11 is 0. The number of hydrogen-bond acceptors (Lipinski definition) is 6. The second-order valence-corrected chi connectivity index (χ2v) is 7.33. The lowest BCUT2D eigenvalue weighted by molar-refractivity contribution is -0.384. The maximum Gasteiger partial charge on any atom is 0.282 e. The maximum atomic E-state index is 14.5. The van der Waals surface area contributed by atoms with Gasteiger partial charge < -0.3 is 10.6 Å². The highest BCUT2D eigenvalue weighted by Crippen LogP contribution is 2.35. The van der Waals surface area contributed by atoms with Crippen molar-refractivity contribution in [2.24, 2.45) is 0 Å². The fourth-order valence-electron chi connectivity index (χ4n) is 3.50. The van der Waals surface area contributed by atoms with Crippen molar-refractivity contribution in [3.63, 3.8) is 0 Å². The molecule has 3 aromatic carbocycles. The van der Waals surface area contributed by atoms with Crippen molar-refractivity contribution in [2.75, 3.05) is 15.5 Å². The predicted octanol–water partition coefficient (Wildman–Crippen LogP) is 4.09. The van der Waals surface area contributed by atoms with Crippen LogP contribution in [-0.2, 0) is 14.4 Å². The minimum absolute atomic E-state index is 0.0610. The minimum Gasteiger partial charge on any atom is -0.350 e. The van der Waals surface area contributed by atoms with E-state index in [2.05, 4.69) is 10.6 Å². The molecule has 1 aliphatic heterocycles. The lowest BCUT2D eigenvalue weighted by atomic mass is 10.0. The number of halogens is 1. The second kappa shape index (κ2) is 8.94. The molecule has 170 valence electrons. The number of nitrogens with one attached hydrogen (secondary N) is 2. The molecule has 0 radical (unpaired) electrons. The first kappa shape index (κ1) is 22.3. The monoisotopic (exact) mass is 460 g/mol. The molecule has 1 heterocycles. The Morgan fingerprint density at radius 1 is 0.912 bits per heavy atom. The molecule has 2 N–H and O–H groups in total. The number of rotatable bonds is 6. The molecule has 0 fully saturated rings. The first-order valence-corrected chi connectivity index (χ1v) is 10.0. The second-order valence-electron chi connectivity index (χ2n) is 7.33. The topological polar surface area (TPSA) is 122 Å². The Kier molecular flexibility index (Phi) is 5.88. The number of hydrogen-bond donors (Lipinski definition) is 2. The number of nitro benzene ring substituents is 1. The summed E-state index contributed by atoms with van der Waals surface area (Å²) in [6, 6.07) is 16.9. The van der Waals surface area contributed by atoms with E-state index in [1.165, 1.54) is 49.4 Å². The first-order valence-electron chi connectivity index (χ1n) is 10.0. The molecular weight excluding hydrogens is 443 g/mol. The Labute approximate surface area is 192 Å². The molecular formula is C24H17FN4O5. The number of carbonyl (C=O) groups is 3. The van der Waals surface area contributed by atoms with Crippen molar-refractivity contribution in [3.05, 3.63) is 100.0 Å². The van der Waals surface area contributed by atoms with Crippen molar-refractivity contribution in [3.8, 4) is 0 Å². The molecule has 3 aromatic rings. The van der Waals surface area contributed by atoms with Crippen molar-refractivity contribution >= 4 is 46.0 Å². The van der Waals surface area contributed by atoms with Gasteiger partial charge in [0.05, 0.1) is 16.2 Å². The number of imide groups is 1. The molecule has 0 bridgehead atoms. The van der Waals surface area contributed by atoms with Crippen molar-refractivity contribution in [2.45, 2.75) is 6.92 Å². The lowest BCUT2D eigenvalue weighted by Gasteiger charge is -2.16. The number of amides is 3. The normalized spacial score (nSPS) is 13.3.